The zero-order chi connectivity index (χ0) is 17.8. The molecule has 0 saturated heterocycles. The largest absolute Gasteiger partial charge is 0.493 e. The summed E-state index contributed by atoms with van der Waals surface area (Å²) in [5, 5.41) is 12.2. The molecule has 1 amide bonds. The summed E-state index contributed by atoms with van der Waals surface area (Å²) in [5.41, 5.74) is 0.666. The van der Waals surface area contributed by atoms with Gasteiger partial charge in [-0.2, -0.15) is 0 Å². The molecule has 0 unspecified atom stereocenters. The Morgan fingerprint density at radius 2 is 2.04 bits per heavy atom. The molecule has 1 saturated carbocycles. The van der Waals surface area contributed by atoms with Crippen molar-refractivity contribution in [3.8, 4) is 11.5 Å². The number of methoxy groups -OCH3 is 2. The number of nitrogens with zero attached hydrogens (tertiary/aromatic N) is 3. The van der Waals surface area contributed by atoms with E-state index in [4.69, 9.17) is 9.47 Å². The second-order valence-electron chi connectivity index (χ2n) is 5.77. The number of anilines is 1. The van der Waals surface area contributed by atoms with Crippen LogP contribution in [-0.4, -0.2) is 40.6 Å². The maximum Gasteiger partial charge on any atom is 0.234 e. The summed E-state index contributed by atoms with van der Waals surface area (Å²) in [6.45, 7) is 2.89. The van der Waals surface area contributed by atoms with Crippen molar-refractivity contribution in [2.45, 2.75) is 37.4 Å². The van der Waals surface area contributed by atoms with E-state index in [-0.39, 0.29) is 11.7 Å². The fourth-order valence-electron chi connectivity index (χ4n) is 2.59. The first-order valence-electron chi connectivity index (χ1n) is 8.24. The van der Waals surface area contributed by atoms with E-state index in [2.05, 4.69) is 27.0 Å². The number of aromatic nitrogens is 3. The third-order valence-electron chi connectivity index (χ3n) is 4.00. The summed E-state index contributed by atoms with van der Waals surface area (Å²) >= 11 is 1.40. The van der Waals surface area contributed by atoms with E-state index in [0.29, 0.717) is 23.1 Å². The zero-order valence-corrected chi connectivity index (χ0v) is 15.4. The van der Waals surface area contributed by atoms with Crippen LogP contribution in [0.5, 0.6) is 11.5 Å². The lowest BCUT2D eigenvalue weighted by atomic mass is 10.2. The van der Waals surface area contributed by atoms with Crippen LogP contribution in [0.25, 0.3) is 0 Å². The van der Waals surface area contributed by atoms with Gasteiger partial charge in [0.2, 0.25) is 5.91 Å². The van der Waals surface area contributed by atoms with Crippen molar-refractivity contribution in [3.63, 3.8) is 0 Å². The molecule has 1 aliphatic carbocycles. The van der Waals surface area contributed by atoms with Gasteiger partial charge in [-0.3, -0.25) is 4.79 Å². The third kappa shape index (κ3) is 4.07. The molecule has 0 spiro atoms. The van der Waals surface area contributed by atoms with Gasteiger partial charge in [0.25, 0.3) is 0 Å². The van der Waals surface area contributed by atoms with Gasteiger partial charge in [-0.05, 0) is 31.9 Å². The smallest absolute Gasteiger partial charge is 0.234 e. The molecule has 7 nitrogen and oxygen atoms in total. The minimum atomic E-state index is -0.101. The van der Waals surface area contributed by atoms with Gasteiger partial charge >= 0.3 is 0 Å². The molecule has 1 aromatic carbocycles. The van der Waals surface area contributed by atoms with Crippen LogP contribution in [0.1, 0.15) is 31.5 Å². The maximum absolute atomic E-state index is 12.2. The highest BCUT2D eigenvalue weighted by Gasteiger charge is 2.30. The van der Waals surface area contributed by atoms with E-state index in [1.165, 1.54) is 24.6 Å². The van der Waals surface area contributed by atoms with E-state index in [1.54, 1.807) is 32.4 Å². The topological polar surface area (TPSA) is 78.3 Å². The van der Waals surface area contributed by atoms with Gasteiger partial charge in [0.15, 0.2) is 16.7 Å². The summed E-state index contributed by atoms with van der Waals surface area (Å²) in [6.07, 6.45) is 2.37. The summed E-state index contributed by atoms with van der Waals surface area (Å²) < 4.78 is 12.5. The molecule has 1 heterocycles. The first kappa shape index (κ1) is 17.6. The molecular formula is C17H22N4O3S. The van der Waals surface area contributed by atoms with Crippen LogP contribution in [0.4, 0.5) is 5.69 Å². The number of amides is 1. The van der Waals surface area contributed by atoms with Crippen molar-refractivity contribution in [1.82, 2.24) is 14.8 Å². The molecule has 134 valence electrons. The van der Waals surface area contributed by atoms with Gasteiger partial charge in [-0.25, -0.2) is 0 Å². The number of thioether (sulfide) groups is 1. The number of carbonyl (C=O) groups excluding carboxylic acids is 1. The van der Waals surface area contributed by atoms with Gasteiger partial charge in [-0.15, -0.1) is 10.2 Å². The first-order valence-corrected chi connectivity index (χ1v) is 9.22. The monoisotopic (exact) mass is 362 g/mol. The standard InChI is InChI=1S/C17H22N4O3S/c1-4-21-16(11-5-6-11)19-20-17(21)25-10-15(22)18-12-7-8-13(23-2)14(9-12)24-3/h7-9,11H,4-6,10H2,1-3H3,(H,18,22). The lowest BCUT2D eigenvalue weighted by Crippen LogP contribution is -2.15. The van der Waals surface area contributed by atoms with Gasteiger partial charge in [0.05, 0.1) is 20.0 Å². The molecule has 1 fully saturated rings. The van der Waals surface area contributed by atoms with Crippen LogP contribution in [-0.2, 0) is 11.3 Å². The van der Waals surface area contributed by atoms with Gasteiger partial charge < -0.3 is 19.4 Å². The molecule has 2 aromatic rings. The highest BCUT2D eigenvalue weighted by molar-refractivity contribution is 7.99. The summed E-state index contributed by atoms with van der Waals surface area (Å²) in [5.74, 6) is 2.96. The van der Waals surface area contributed by atoms with Crippen molar-refractivity contribution in [1.29, 1.82) is 0 Å². The summed E-state index contributed by atoms with van der Waals surface area (Å²) in [6, 6.07) is 5.28. The van der Waals surface area contributed by atoms with Crippen molar-refractivity contribution in [3.05, 3.63) is 24.0 Å². The van der Waals surface area contributed by atoms with Crippen LogP contribution in [0, 0.1) is 0 Å². The van der Waals surface area contributed by atoms with Crippen molar-refractivity contribution < 1.29 is 14.3 Å². The Balaban J connectivity index is 1.60. The lowest BCUT2D eigenvalue weighted by molar-refractivity contribution is -0.113. The highest BCUT2D eigenvalue weighted by atomic mass is 32.2. The molecule has 0 bridgehead atoms. The van der Waals surface area contributed by atoms with Crippen molar-refractivity contribution in [2.75, 3.05) is 25.3 Å². The average Bonchev–Trinajstić information content (AvgIpc) is 3.39. The number of ether oxygens (including phenoxy) is 2. The Bertz CT molecular complexity index is 758. The Labute approximate surface area is 151 Å². The van der Waals surface area contributed by atoms with Crippen LogP contribution < -0.4 is 14.8 Å². The number of hydrogen-bond donors (Lipinski definition) is 1. The van der Waals surface area contributed by atoms with E-state index in [0.717, 1.165) is 17.5 Å². The second kappa shape index (κ2) is 7.77. The number of carbonyl (C=O) groups is 1. The second-order valence-corrected chi connectivity index (χ2v) is 6.71. The fourth-order valence-corrected chi connectivity index (χ4v) is 3.40. The van der Waals surface area contributed by atoms with Crippen LogP contribution in [0.2, 0.25) is 0 Å². The van der Waals surface area contributed by atoms with Gasteiger partial charge in [0.1, 0.15) is 5.82 Å². The molecule has 1 aliphatic rings. The third-order valence-corrected chi connectivity index (χ3v) is 4.97. The van der Waals surface area contributed by atoms with Crippen LogP contribution in [0.15, 0.2) is 23.4 Å². The first-order chi connectivity index (χ1) is 12.2. The van der Waals surface area contributed by atoms with E-state index < -0.39 is 0 Å². The molecule has 8 heteroatoms. The number of hydrogen-bond acceptors (Lipinski definition) is 6. The number of benzene rings is 1. The average molecular weight is 362 g/mol. The summed E-state index contributed by atoms with van der Waals surface area (Å²) in [4.78, 5) is 12.2. The molecule has 3 rings (SSSR count). The predicted octanol–water partition coefficient (Wildman–Crippen LogP) is 2.92. The Morgan fingerprint density at radius 3 is 2.68 bits per heavy atom. The Morgan fingerprint density at radius 1 is 1.28 bits per heavy atom. The Hall–Kier alpha value is -2.22. The van der Waals surface area contributed by atoms with E-state index in [1.807, 2.05) is 0 Å². The van der Waals surface area contributed by atoms with Crippen molar-refractivity contribution >= 4 is 23.4 Å². The molecule has 1 N–H and O–H groups in total. The predicted molar refractivity (Wildman–Crippen MR) is 96.6 cm³/mol. The zero-order valence-electron chi connectivity index (χ0n) is 14.6. The number of rotatable bonds is 8. The fraction of sp³-hybridized carbons (Fsp3) is 0.471. The normalized spacial score (nSPS) is 13.6. The van der Waals surface area contributed by atoms with Gasteiger partial charge in [-0.1, -0.05) is 11.8 Å². The minimum absolute atomic E-state index is 0.101. The quantitative estimate of drug-likeness (QED) is 0.728. The SMILES string of the molecule is CCn1c(SCC(=O)Nc2ccc(OC)c(OC)c2)nnc1C1CC1. The van der Waals surface area contributed by atoms with Crippen LogP contribution >= 0.6 is 11.8 Å². The van der Waals surface area contributed by atoms with E-state index in [9.17, 15) is 4.79 Å². The maximum atomic E-state index is 12.2. The summed E-state index contributed by atoms with van der Waals surface area (Å²) in [7, 11) is 3.14. The van der Waals surface area contributed by atoms with Gasteiger partial charge in [0, 0.05) is 24.2 Å². The van der Waals surface area contributed by atoms with Crippen molar-refractivity contribution in [2.24, 2.45) is 0 Å². The molecular weight excluding hydrogens is 340 g/mol. The Kier molecular flexibility index (Phi) is 5.47. The molecule has 0 atom stereocenters. The lowest BCUT2D eigenvalue weighted by Gasteiger charge is -2.10. The van der Waals surface area contributed by atoms with Crippen LogP contribution in [0.3, 0.4) is 0 Å². The molecule has 0 radical (unpaired) electrons. The number of nitrogens with one attached hydrogen (secondary N) is 1. The highest BCUT2D eigenvalue weighted by Crippen LogP contribution is 2.40. The van der Waals surface area contributed by atoms with E-state index >= 15 is 0 Å². The molecule has 25 heavy (non-hydrogen) atoms. The molecule has 0 aliphatic heterocycles. The minimum Gasteiger partial charge on any atom is -0.493 e. The molecule has 1 aromatic heterocycles.